The zero-order valence-corrected chi connectivity index (χ0v) is 14.6. The van der Waals surface area contributed by atoms with E-state index in [2.05, 4.69) is 17.9 Å². The van der Waals surface area contributed by atoms with Crippen molar-refractivity contribution >= 4 is 5.97 Å². The van der Waals surface area contributed by atoms with Crippen LogP contribution < -0.4 is 0 Å². The quantitative estimate of drug-likeness (QED) is 0.105. The number of carbonyl (C=O) groups is 1. The number of hydrogen-bond acceptors (Lipinski definition) is 3. The molecule has 0 amide bonds. The second-order valence-electron chi connectivity index (χ2n) is 5.44. The Bertz CT molecular complexity index is 456. The zero-order chi connectivity index (χ0) is 17.9. The fourth-order valence-electron chi connectivity index (χ4n) is 2.01. The first-order valence-electron chi connectivity index (χ1n) is 8.63. The van der Waals surface area contributed by atoms with Crippen molar-refractivity contribution in [1.82, 2.24) is 0 Å². The van der Waals surface area contributed by atoms with Crippen LogP contribution in [0.4, 0.5) is 0 Å². The smallest absolute Gasteiger partial charge is 0.328 e. The van der Waals surface area contributed by atoms with Crippen LogP contribution in [0.25, 0.3) is 0 Å². The highest BCUT2D eigenvalue weighted by molar-refractivity contribution is 5.80. The van der Waals surface area contributed by atoms with Crippen molar-refractivity contribution in [3.63, 3.8) is 0 Å². The minimum Gasteiger partial charge on any atom is -0.478 e. The topological polar surface area (TPSA) is 66.8 Å². The van der Waals surface area contributed by atoms with Crippen LogP contribution in [0.3, 0.4) is 0 Å². The van der Waals surface area contributed by atoms with Gasteiger partial charge in [0.1, 0.15) is 0 Å². The van der Waals surface area contributed by atoms with Crippen LogP contribution in [0, 0.1) is 0 Å². The highest BCUT2D eigenvalue weighted by atomic mass is 17.1. The van der Waals surface area contributed by atoms with Crippen LogP contribution in [0.5, 0.6) is 0 Å². The van der Waals surface area contributed by atoms with E-state index in [1.165, 1.54) is 63.2 Å². The Labute approximate surface area is 145 Å². The average molecular weight is 334 g/mol. The number of carboxylic acid groups (broad SMARTS) is 1. The van der Waals surface area contributed by atoms with E-state index in [0.717, 1.165) is 12.5 Å². The Morgan fingerprint density at radius 2 is 1.54 bits per heavy atom. The molecule has 134 valence electrons. The Morgan fingerprint density at radius 1 is 0.875 bits per heavy atom. The molecule has 2 N–H and O–H groups in total. The first-order valence-corrected chi connectivity index (χ1v) is 8.63. The molecule has 0 aromatic heterocycles. The van der Waals surface area contributed by atoms with E-state index in [-0.39, 0.29) is 5.76 Å². The second kappa shape index (κ2) is 17.3. The van der Waals surface area contributed by atoms with E-state index in [9.17, 15) is 4.79 Å². The van der Waals surface area contributed by atoms with Crippen LogP contribution in [0.15, 0.2) is 60.4 Å². The molecule has 0 spiro atoms. The van der Waals surface area contributed by atoms with Crippen molar-refractivity contribution in [2.24, 2.45) is 0 Å². The van der Waals surface area contributed by atoms with Crippen molar-refractivity contribution in [1.29, 1.82) is 0 Å². The first-order chi connectivity index (χ1) is 11.7. The van der Waals surface area contributed by atoms with E-state index >= 15 is 0 Å². The van der Waals surface area contributed by atoms with Crippen molar-refractivity contribution in [2.75, 3.05) is 0 Å². The molecule has 24 heavy (non-hydrogen) atoms. The van der Waals surface area contributed by atoms with Crippen molar-refractivity contribution in [2.45, 2.75) is 58.3 Å². The zero-order valence-electron chi connectivity index (χ0n) is 14.6. The van der Waals surface area contributed by atoms with E-state index in [1.54, 1.807) is 6.08 Å². The summed E-state index contributed by atoms with van der Waals surface area (Å²) in [5, 5.41) is 17.1. The van der Waals surface area contributed by atoms with Gasteiger partial charge in [-0.05, 0) is 25.0 Å². The maximum absolute atomic E-state index is 10.3. The number of unbranched alkanes of at least 4 members (excludes halogenated alkanes) is 7. The van der Waals surface area contributed by atoms with E-state index < -0.39 is 5.97 Å². The third-order valence-electron chi connectivity index (χ3n) is 3.31. The summed E-state index contributed by atoms with van der Waals surface area (Å²) in [5.74, 6) is -0.900. The molecular weight excluding hydrogens is 304 g/mol. The summed E-state index contributed by atoms with van der Waals surface area (Å²) in [7, 11) is 0. The lowest BCUT2D eigenvalue weighted by Gasteiger charge is -1.98. The summed E-state index contributed by atoms with van der Waals surface area (Å²) in [6.45, 7) is 2.23. The normalized spacial score (nSPS) is 13.0. The fraction of sp³-hybridized carbons (Fsp3) is 0.450. The number of aliphatic carboxylic acids is 1. The maximum Gasteiger partial charge on any atom is 0.328 e. The SMILES string of the molecule is CCCCCCCCCC=CC=CC=CC(=CC=CC(=O)O)OO. The van der Waals surface area contributed by atoms with Gasteiger partial charge < -0.3 is 9.99 Å². The van der Waals surface area contributed by atoms with Crippen LogP contribution >= 0.6 is 0 Å². The molecule has 0 saturated heterocycles. The highest BCUT2D eigenvalue weighted by Crippen LogP contribution is 2.08. The maximum atomic E-state index is 10.3. The van der Waals surface area contributed by atoms with Gasteiger partial charge in [0.05, 0.1) is 0 Å². The molecule has 0 fully saturated rings. The highest BCUT2D eigenvalue weighted by Gasteiger charge is 1.90. The minimum absolute atomic E-state index is 0.157. The van der Waals surface area contributed by atoms with E-state index in [1.807, 2.05) is 18.2 Å². The predicted octanol–water partition coefficient (Wildman–Crippen LogP) is 5.81. The molecule has 0 rings (SSSR count). The van der Waals surface area contributed by atoms with Crippen LogP contribution in [-0.4, -0.2) is 16.3 Å². The van der Waals surface area contributed by atoms with E-state index in [0.29, 0.717) is 0 Å². The third kappa shape index (κ3) is 16.3. The standard InChI is InChI=1S/C20H30O4/c1-2-3-4-5-6-7-8-9-10-11-12-13-14-16-19(24-23)17-15-18-20(21)22/h10-18,23H,2-9H2,1H3,(H,21,22). The van der Waals surface area contributed by atoms with Gasteiger partial charge in [-0.2, -0.15) is 0 Å². The van der Waals surface area contributed by atoms with Gasteiger partial charge in [0.25, 0.3) is 0 Å². The summed E-state index contributed by atoms with van der Waals surface area (Å²) in [5.41, 5.74) is 0. The predicted molar refractivity (Wildman–Crippen MR) is 98.6 cm³/mol. The van der Waals surface area contributed by atoms with Gasteiger partial charge in [-0.1, -0.05) is 81.9 Å². The van der Waals surface area contributed by atoms with Crippen molar-refractivity contribution < 1.29 is 20.0 Å². The number of carboxylic acids is 1. The molecule has 4 heteroatoms. The molecular formula is C20H30O4. The average Bonchev–Trinajstić information content (AvgIpc) is 2.57. The van der Waals surface area contributed by atoms with Gasteiger partial charge >= 0.3 is 5.97 Å². The molecule has 0 heterocycles. The summed E-state index contributed by atoms with van der Waals surface area (Å²) in [4.78, 5) is 14.4. The first kappa shape index (κ1) is 21.9. The minimum atomic E-state index is -1.06. The monoisotopic (exact) mass is 334 g/mol. The Hall–Kier alpha value is -2.07. The number of allylic oxidation sites excluding steroid dienone is 8. The summed E-state index contributed by atoms with van der Waals surface area (Å²) in [6, 6.07) is 0. The lowest BCUT2D eigenvalue weighted by molar-refractivity contribution is -0.198. The molecule has 0 aliphatic rings. The summed E-state index contributed by atoms with van der Waals surface area (Å²) < 4.78 is 0. The van der Waals surface area contributed by atoms with Crippen LogP contribution in [0.2, 0.25) is 0 Å². The molecule has 4 nitrogen and oxygen atoms in total. The van der Waals surface area contributed by atoms with Crippen molar-refractivity contribution in [3.05, 3.63) is 60.4 Å². The van der Waals surface area contributed by atoms with Gasteiger partial charge in [-0.25, -0.2) is 10.1 Å². The Balaban J connectivity index is 3.83. The lowest BCUT2D eigenvalue weighted by Crippen LogP contribution is -1.85. The third-order valence-corrected chi connectivity index (χ3v) is 3.31. The molecule has 0 atom stereocenters. The molecule has 0 bridgehead atoms. The Kier molecular flexibility index (Phi) is 15.8. The van der Waals surface area contributed by atoms with Gasteiger partial charge in [0.2, 0.25) is 0 Å². The van der Waals surface area contributed by atoms with Gasteiger partial charge in [0.15, 0.2) is 5.76 Å². The second-order valence-corrected chi connectivity index (χ2v) is 5.44. The van der Waals surface area contributed by atoms with Crippen LogP contribution in [-0.2, 0) is 9.68 Å². The molecule has 0 aliphatic heterocycles. The molecule has 0 aliphatic carbocycles. The summed E-state index contributed by atoms with van der Waals surface area (Å²) in [6.07, 6.45) is 25.0. The Morgan fingerprint density at radius 3 is 2.21 bits per heavy atom. The lowest BCUT2D eigenvalue weighted by atomic mass is 10.1. The molecule has 0 saturated carbocycles. The van der Waals surface area contributed by atoms with Crippen molar-refractivity contribution in [3.8, 4) is 0 Å². The number of rotatable bonds is 14. The van der Waals surface area contributed by atoms with Gasteiger partial charge in [0, 0.05) is 6.08 Å². The van der Waals surface area contributed by atoms with Gasteiger partial charge in [-0.3, -0.25) is 0 Å². The van der Waals surface area contributed by atoms with Gasteiger partial charge in [-0.15, -0.1) is 0 Å². The molecule has 0 unspecified atom stereocenters. The molecule has 0 aromatic rings. The largest absolute Gasteiger partial charge is 0.478 e. The van der Waals surface area contributed by atoms with Crippen LogP contribution in [0.1, 0.15) is 58.3 Å². The summed E-state index contributed by atoms with van der Waals surface area (Å²) >= 11 is 0. The van der Waals surface area contributed by atoms with E-state index in [4.69, 9.17) is 10.4 Å². The number of hydrogen-bond donors (Lipinski definition) is 2. The fourth-order valence-corrected chi connectivity index (χ4v) is 2.01. The molecule has 0 radical (unpaired) electrons. The molecule has 0 aromatic carbocycles.